The van der Waals surface area contributed by atoms with Gasteiger partial charge < -0.3 is 20.4 Å². The van der Waals surface area contributed by atoms with Crippen LogP contribution in [-0.2, 0) is 0 Å². The van der Waals surface area contributed by atoms with Crippen LogP contribution in [0.4, 0.5) is 0 Å². The molecule has 0 aliphatic heterocycles. The van der Waals surface area contributed by atoms with Gasteiger partial charge >= 0.3 is 0 Å². The summed E-state index contributed by atoms with van der Waals surface area (Å²) in [5, 5.41) is 42.1. The SMILES string of the molecule is CCCCCCCCCCCCCCCCCCCC(O)(CCCCCCCCCCCCCCCCCCC)C(CO)(CO)CO. The van der Waals surface area contributed by atoms with Crippen molar-refractivity contribution in [3.63, 3.8) is 0 Å². The lowest BCUT2D eigenvalue weighted by Crippen LogP contribution is -2.55. The Balaban J connectivity index is 3.94. The van der Waals surface area contributed by atoms with Crippen LogP contribution in [0.25, 0.3) is 0 Å². The fourth-order valence-electron chi connectivity index (χ4n) is 7.53. The van der Waals surface area contributed by atoms with E-state index in [1.165, 1.54) is 193 Å². The molecule has 0 aromatic heterocycles. The van der Waals surface area contributed by atoms with Crippen LogP contribution in [0.2, 0.25) is 0 Å². The van der Waals surface area contributed by atoms with Crippen molar-refractivity contribution in [3.05, 3.63) is 0 Å². The largest absolute Gasteiger partial charge is 0.395 e. The van der Waals surface area contributed by atoms with E-state index in [0.29, 0.717) is 12.8 Å². The Kier molecular flexibility index (Phi) is 35.5. The van der Waals surface area contributed by atoms with E-state index in [-0.39, 0.29) is 19.8 Å². The highest BCUT2D eigenvalue weighted by molar-refractivity contribution is 4.98. The second-order valence-corrected chi connectivity index (χ2v) is 15.6. The second-order valence-electron chi connectivity index (χ2n) is 15.6. The number of aliphatic hydroxyl groups excluding tert-OH is 3. The molecule has 0 aliphatic rings. The average molecular weight is 669 g/mol. The first kappa shape index (κ1) is 46.8. The molecule has 0 aromatic carbocycles. The fourth-order valence-corrected chi connectivity index (χ4v) is 7.53. The first-order valence-electron chi connectivity index (χ1n) is 21.6. The predicted molar refractivity (Wildman–Crippen MR) is 206 cm³/mol. The topological polar surface area (TPSA) is 80.9 Å². The zero-order valence-electron chi connectivity index (χ0n) is 32.4. The van der Waals surface area contributed by atoms with Gasteiger partial charge in [-0.2, -0.15) is 0 Å². The van der Waals surface area contributed by atoms with Crippen LogP contribution in [0.1, 0.15) is 245 Å². The van der Waals surface area contributed by atoms with E-state index in [1.54, 1.807) is 0 Å². The summed E-state index contributed by atoms with van der Waals surface area (Å²) < 4.78 is 0. The van der Waals surface area contributed by atoms with Gasteiger partial charge in [-0.3, -0.25) is 0 Å². The molecule has 4 N–H and O–H groups in total. The predicted octanol–water partition coefficient (Wildman–Crippen LogP) is 12.8. The third-order valence-corrected chi connectivity index (χ3v) is 11.3. The molecule has 0 saturated carbocycles. The maximum absolute atomic E-state index is 11.7. The molecule has 0 aliphatic carbocycles. The molecular formula is C43H88O4. The van der Waals surface area contributed by atoms with E-state index >= 15 is 0 Å². The first-order valence-corrected chi connectivity index (χ1v) is 21.6. The molecule has 0 aromatic rings. The average Bonchev–Trinajstić information content (AvgIpc) is 3.08. The maximum atomic E-state index is 11.7. The van der Waals surface area contributed by atoms with Gasteiger partial charge in [0.2, 0.25) is 0 Å². The minimum atomic E-state index is -1.23. The molecule has 0 rings (SSSR count). The van der Waals surface area contributed by atoms with Crippen molar-refractivity contribution in [3.8, 4) is 0 Å². The van der Waals surface area contributed by atoms with Crippen LogP contribution in [-0.4, -0.2) is 45.8 Å². The van der Waals surface area contributed by atoms with Gasteiger partial charge in [0, 0.05) is 0 Å². The number of hydrogen-bond donors (Lipinski definition) is 4. The highest BCUT2D eigenvalue weighted by Crippen LogP contribution is 2.39. The van der Waals surface area contributed by atoms with Gasteiger partial charge in [0.05, 0.1) is 30.8 Å². The fraction of sp³-hybridized carbons (Fsp3) is 1.00. The molecule has 0 fully saturated rings. The van der Waals surface area contributed by atoms with E-state index in [1.807, 2.05) is 0 Å². The Labute approximate surface area is 295 Å². The minimum Gasteiger partial charge on any atom is -0.395 e. The van der Waals surface area contributed by atoms with Crippen molar-refractivity contribution in [1.82, 2.24) is 0 Å². The normalized spacial score (nSPS) is 12.4. The van der Waals surface area contributed by atoms with Gasteiger partial charge in [0.1, 0.15) is 0 Å². The van der Waals surface area contributed by atoms with Crippen molar-refractivity contribution in [1.29, 1.82) is 0 Å². The summed E-state index contributed by atoms with van der Waals surface area (Å²) in [7, 11) is 0. The zero-order valence-corrected chi connectivity index (χ0v) is 32.4. The van der Waals surface area contributed by atoms with Crippen molar-refractivity contribution in [2.75, 3.05) is 19.8 Å². The highest BCUT2D eigenvalue weighted by atomic mass is 16.3. The van der Waals surface area contributed by atoms with E-state index in [0.717, 1.165) is 25.7 Å². The van der Waals surface area contributed by atoms with Gasteiger partial charge in [0.15, 0.2) is 0 Å². The van der Waals surface area contributed by atoms with E-state index in [4.69, 9.17) is 0 Å². The molecule has 0 heterocycles. The van der Waals surface area contributed by atoms with Crippen LogP contribution in [0.5, 0.6) is 0 Å². The molecule has 0 amide bonds. The Morgan fingerprint density at radius 2 is 0.447 bits per heavy atom. The Hall–Kier alpha value is -0.160. The van der Waals surface area contributed by atoms with Crippen molar-refractivity contribution < 1.29 is 20.4 Å². The Morgan fingerprint density at radius 1 is 0.277 bits per heavy atom. The lowest BCUT2D eigenvalue weighted by molar-refractivity contribution is -0.162. The smallest absolute Gasteiger partial charge is 0.0770 e. The maximum Gasteiger partial charge on any atom is 0.0770 e. The van der Waals surface area contributed by atoms with E-state index in [2.05, 4.69) is 13.8 Å². The van der Waals surface area contributed by atoms with Crippen LogP contribution in [0.3, 0.4) is 0 Å². The lowest BCUT2D eigenvalue weighted by Gasteiger charge is -2.44. The molecule has 4 nitrogen and oxygen atoms in total. The second kappa shape index (κ2) is 35.7. The van der Waals surface area contributed by atoms with Gasteiger partial charge in [-0.15, -0.1) is 0 Å². The summed E-state index contributed by atoms with van der Waals surface area (Å²) in [6, 6.07) is 0. The van der Waals surface area contributed by atoms with Crippen LogP contribution in [0.15, 0.2) is 0 Å². The Bertz CT molecular complexity index is 544. The summed E-state index contributed by atoms with van der Waals surface area (Å²) >= 11 is 0. The third kappa shape index (κ3) is 26.3. The zero-order chi connectivity index (χ0) is 34.6. The van der Waals surface area contributed by atoms with Crippen molar-refractivity contribution in [2.45, 2.75) is 251 Å². The van der Waals surface area contributed by atoms with E-state index < -0.39 is 11.0 Å². The summed E-state index contributed by atoms with van der Waals surface area (Å²) in [6.45, 7) is 3.42. The monoisotopic (exact) mass is 669 g/mol. The third-order valence-electron chi connectivity index (χ3n) is 11.3. The molecule has 0 spiro atoms. The molecule has 0 radical (unpaired) electrons. The quantitative estimate of drug-likeness (QED) is 0.0490. The molecule has 0 bridgehead atoms. The van der Waals surface area contributed by atoms with Gasteiger partial charge in [-0.05, 0) is 12.8 Å². The van der Waals surface area contributed by atoms with Crippen LogP contribution >= 0.6 is 0 Å². The Morgan fingerprint density at radius 3 is 0.617 bits per heavy atom. The molecule has 0 atom stereocenters. The number of aliphatic hydroxyl groups is 4. The van der Waals surface area contributed by atoms with Crippen LogP contribution < -0.4 is 0 Å². The molecule has 0 unspecified atom stereocenters. The first-order chi connectivity index (χ1) is 23.1. The lowest BCUT2D eigenvalue weighted by atomic mass is 9.68. The number of hydrogen-bond acceptors (Lipinski definition) is 4. The molecule has 284 valence electrons. The number of unbranched alkanes of at least 4 members (excludes halogenated alkanes) is 32. The molecule has 47 heavy (non-hydrogen) atoms. The minimum absolute atomic E-state index is 0.381. The molecule has 4 heteroatoms. The van der Waals surface area contributed by atoms with Crippen molar-refractivity contribution >= 4 is 0 Å². The number of rotatable bonds is 40. The van der Waals surface area contributed by atoms with Crippen LogP contribution in [0, 0.1) is 5.41 Å². The molecule has 0 saturated heterocycles. The van der Waals surface area contributed by atoms with Gasteiger partial charge in [-0.1, -0.05) is 232 Å². The molecular weight excluding hydrogens is 580 g/mol. The summed E-state index contributed by atoms with van der Waals surface area (Å²) in [5.74, 6) is 0. The van der Waals surface area contributed by atoms with Crippen molar-refractivity contribution in [2.24, 2.45) is 5.41 Å². The van der Waals surface area contributed by atoms with Gasteiger partial charge in [-0.25, -0.2) is 0 Å². The summed E-state index contributed by atoms with van der Waals surface area (Å²) in [5.41, 5.74) is -2.44. The van der Waals surface area contributed by atoms with E-state index in [9.17, 15) is 20.4 Å². The van der Waals surface area contributed by atoms with Gasteiger partial charge in [0.25, 0.3) is 0 Å². The summed E-state index contributed by atoms with van der Waals surface area (Å²) in [6.07, 6.45) is 46.0. The highest BCUT2D eigenvalue weighted by Gasteiger charge is 2.48. The standard InChI is InChI=1S/C43H88O4/c1-3-5-7-9-11-13-15-17-19-21-23-25-27-29-31-33-35-37-43(47,42(39-44,40-45)41-46)38-36-34-32-30-28-26-24-22-20-18-16-14-12-10-8-6-4-2/h44-47H,3-41H2,1-2H3. The summed E-state index contributed by atoms with van der Waals surface area (Å²) in [4.78, 5) is 0.